The Bertz CT molecular complexity index is 554. The lowest BCUT2D eigenvalue weighted by molar-refractivity contribution is 0.214. The van der Waals surface area contributed by atoms with E-state index in [9.17, 15) is 0 Å². The molecule has 0 radical (unpaired) electrons. The van der Waals surface area contributed by atoms with E-state index in [1.807, 2.05) is 6.07 Å². The number of rotatable bonds is 3. The van der Waals surface area contributed by atoms with Gasteiger partial charge in [0.15, 0.2) is 0 Å². The fourth-order valence-corrected chi connectivity index (χ4v) is 4.16. The first kappa shape index (κ1) is 14.1. The highest BCUT2D eigenvalue weighted by atomic mass is 35.5. The first-order valence-corrected chi connectivity index (χ1v) is 8.23. The zero-order chi connectivity index (χ0) is 13.9. The lowest BCUT2D eigenvalue weighted by Gasteiger charge is -2.28. The van der Waals surface area contributed by atoms with Crippen LogP contribution in [-0.2, 0) is 12.8 Å². The predicted molar refractivity (Wildman–Crippen MR) is 86.5 cm³/mol. The molecule has 0 amide bonds. The van der Waals surface area contributed by atoms with Crippen molar-refractivity contribution in [3.8, 4) is 0 Å². The minimum atomic E-state index is 0.293. The van der Waals surface area contributed by atoms with Gasteiger partial charge in [0, 0.05) is 24.5 Å². The fraction of sp³-hybridized carbons (Fsp3) is 0.375. The van der Waals surface area contributed by atoms with Crippen LogP contribution in [-0.4, -0.2) is 24.5 Å². The van der Waals surface area contributed by atoms with Crippen molar-refractivity contribution in [3.05, 3.63) is 56.7 Å². The smallest absolute Gasteiger partial charge is 0.0931 e. The Labute approximate surface area is 129 Å². The SMILES string of the molecule is NCC(c1ccc(Cl)s1)N1CCc2ccccc2CC1. The van der Waals surface area contributed by atoms with E-state index in [1.165, 1.54) is 16.0 Å². The Balaban J connectivity index is 1.78. The lowest BCUT2D eigenvalue weighted by atomic mass is 10.0. The Morgan fingerprint density at radius 3 is 2.25 bits per heavy atom. The van der Waals surface area contributed by atoms with Gasteiger partial charge in [-0.1, -0.05) is 35.9 Å². The number of fused-ring (bicyclic) bond motifs is 1. The van der Waals surface area contributed by atoms with E-state index in [0.717, 1.165) is 30.3 Å². The van der Waals surface area contributed by atoms with Crippen molar-refractivity contribution in [2.75, 3.05) is 19.6 Å². The van der Waals surface area contributed by atoms with Crippen molar-refractivity contribution in [1.82, 2.24) is 4.90 Å². The molecule has 2 heterocycles. The second-order valence-corrected chi connectivity index (χ2v) is 6.94. The second kappa shape index (κ2) is 6.27. The van der Waals surface area contributed by atoms with Crippen molar-refractivity contribution >= 4 is 22.9 Å². The number of hydrogen-bond donors (Lipinski definition) is 1. The topological polar surface area (TPSA) is 29.3 Å². The van der Waals surface area contributed by atoms with E-state index in [2.05, 4.69) is 35.2 Å². The maximum absolute atomic E-state index is 6.06. The third kappa shape index (κ3) is 2.91. The van der Waals surface area contributed by atoms with Crippen LogP contribution in [0, 0.1) is 0 Å². The molecule has 0 aliphatic carbocycles. The van der Waals surface area contributed by atoms with Gasteiger partial charge in [0.25, 0.3) is 0 Å². The summed E-state index contributed by atoms with van der Waals surface area (Å²) >= 11 is 7.71. The van der Waals surface area contributed by atoms with Gasteiger partial charge in [-0.05, 0) is 36.1 Å². The predicted octanol–water partition coefficient (Wildman–Crippen LogP) is 3.50. The summed E-state index contributed by atoms with van der Waals surface area (Å²) in [5.74, 6) is 0. The molecule has 20 heavy (non-hydrogen) atoms. The highest BCUT2D eigenvalue weighted by molar-refractivity contribution is 7.16. The van der Waals surface area contributed by atoms with Gasteiger partial charge in [0.05, 0.1) is 10.4 Å². The van der Waals surface area contributed by atoms with Gasteiger partial charge < -0.3 is 5.73 Å². The van der Waals surface area contributed by atoms with Crippen molar-refractivity contribution in [1.29, 1.82) is 0 Å². The van der Waals surface area contributed by atoms with Crippen LogP contribution < -0.4 is 5.73 Å². The molecule has 1 atom stereocenters. The number of thiophene rings is 1. The van der Waals surface area contributed by atoms with Crippen LogP contribution >= 0.6 is 22.9 Å². The fourth-order valence-electron chi connectivity index (χ4n) is 2.95. The van der Waals surface area contributed by atoms with Crippen LogP contribution in [0.2, 0.25) is 4.34 Å². The molecule has 1 unspecified atom stereocenters. The first-order chi connectivity index (χ1) is 9.78. The molecule has 1 aromatic heterocycles. The maximum Gasteiger partial charge on any atom is 0.0931 e. The Hall–Kier alpha value is -0.870. The van der Waals surface area contributed by atoms with E-state index in [0.29, 0.717) is 12.6 Å². The molecule has 2 aromatic rings. The molecule has 0 fully saturated rings. The van der Waals surface area contributed by atoms with E-state index < -0.39 is 0 Å². The number of benzene rings is 1. The van der Waals surface area contributed by atoms with Gasteiger partial charge in [-0.25, -0.2) is 0 Å². The first-order valence-electron chi connectivity index (χ1n) is 7.04. The number of hydrogen-bond acceptors (Lipinski definition) is 3. The van der Waals surface area contributed by atoms with Gasteiger partial charge in [-0.3, -0.25) is 4.90 Å². The van der Waals surface area contributed by atoms with Crippen LogP contribution in [0.5, 0.6) is 0 Å². The molecular weight excluding hydrogens is 288 g/mol. The van der Waals surface area contributed by atoms with Crippen molar-refractivity contribution in [3.63, 3.8) is 0 Å². The summed E-state index contributed by atoms with van der Waals surface area (Å²) in [6, 6.07) is 13.1. The van der Waals surface area contributed by atoms with Gasteiger partial charge in [-0.2, -0.15) is 0 Å². The van der Waals surface area contributed by atoms with E-state index in [4.69, 9.17) is 17.3 Å². The largest absolute Gasteiger partial charge is 0.329 e. The summed E-state index contributed by atoms with van der Waals surface area (Å²) in [6.07, 6.45) is 2.21. The monoisotopic (exact) mass is 306 g/mol. The van der Waals surface area contributed by atoms with Crippen molar-refractivity contribution in [2.24, 2.45) is 5.73 Å². The lowest BCUT2D eigenvalue weighted by Crippen LogP contribution is -2.35. The number of nitrogens with zero attached hydrogens (tertiary/aromatic N) is 1. The zero-order valence-corrected chi connectivity index (χ0v) is 13.0. The molecule has 2 N–H and O–H groups in total. The number of halogens is 1. The second-order valence-electron chi connectivity index (χ2n) is 5.20. The van der Waals surface area contributed by atoms with Crippen molar-refractivity contribution in [2.45, 2.75) is 18.9 Å². The summed E-state index contributed by atoms with van der Waals surface area (Å²) < 4.78 is 0.844. The van der Waals surface area contributed by atoms with Crippen molar-refractivity contribution < 1.29 is 0 Å². The quantitative estimate of drug-likeness (QED) is 0.940. The summed E-state index contributed by atoms with van der Waals surface area (Å²) in [7, 11) is 0. The highest BCUT2D eigenvalue weighted by Gasteiger charge is 2.23. The summed E-state index contributed by atoms with van der Waals surface area (Å²) in [6.45, 7) is 2.77. The molecule has 4 heteroatoms. The summed E-state index contributed by atoms with van der Waals surface area (Å²) in [4.78, 5) is 3.78. The molecule has 0 spiro atoms. The normalized spacial score (nSPS) is 17.5. The van der Waals surface area contributed by atoms with E-state index >= 15 is 0 Å². The van der Waals surface area contributed by atoms with Crippen LogP contribution in [0.3, 0.4) is 0 Å². The van der Waals surface area contributed by atoms with Gasteiger partial charge in [-0.15, -0.1) is 11.3 Å². The minimum absolute atomic E-state index is 0.293. The molecular formula is C16H19ClN2S. The summed E-state index contributed by atoms with van der Waals surface area (Å²) in [5.41, 5.74) is 8.99. The molecule has 106 valence electrons. The molecule has 1 aliphatic rings. The Kier molecular flexibility index (Phi) is 4.41. The molecule has 0 saturated carbocycles. The van der Waals surface area contributed by atoms with E-state index in [-0.39, 0.29) is 0 Å². The Morgan fingerprint density at radius 2 is 1.75 bits per heavy atom. The maximum atomic E-state index is 6.06. The van der Waals surface area contributed by atoms with Crippen LogP contribution in [0.1, 0.15) is 22.0 Å². The standard InChI is InChI=1S/C16H19ClN2S/c17-16-6-5-15(20-16)14(11-18)19-9-7-12-3-1-2-4-13(12)8-10-19/h1-6,14H,7-11,18H2. The third-order valence-corrected chi connectivity index (χ3v) is 5.37. The molecule has 3 rings (SSSR count). The molecule has 1 aromatic carbocycles. The zero-order valence-electron chi connectivity index (χ0n) is 11.4. The van der Waals surface area contributed by atoms with Gasteiger partial charge in [0.2, 0.25) is 0 Å². The molecule has 2 nitrogen and oxygen atoms in total. The highest BCUT2D eigenvalue weighted by Crippen LogP contribution is 2.31. The Morgan fingerprint density at radius 1 is 1.10 bits per heavy atom. The molecule has 0 bridgehead atoms. The van der Waals surface area contributed by atoms with Crippen LogP contribution in [0.25, 0.3) is 0 Å². The third-order valence-electron chi connectivity index (χ3n) is 4.04. The molecule has 0 saturated heterocycles. The van der Waals surface area contributed by atoms with Crippen LogP contribution in [0.15, 0.2) is 36.4 Å². The number of nitrogens with two attached hydrogens (primary N) is 1. The van der Waals surface area contributed by atoms with Crippen LogP contribution in [0.4, 0.5) is 0 Å². The minimum Gasteiger partial charge on any atom is -0.329 e. The van der Waals surface area contributed by atoms with Gasteiger partial charge >= 0.3 is 0 Å². The average Bonchev–Trinajstić information content (AvgIpc) is 2.77. The average molecular weight is 307 g/mol. The summed E-state index contributed by atoms with van der Waals surface area (Å²) in [5, 5.41) is 0. The van der Waals surface area contributed by atoms with Gasteiger partial charge in [0.1, 0.15) is 0 Å². The van der Waals surface area contributed by atoms with E-state index in [1.54, 1.807) is 11.3 Å². The molecule has 1 aliphatic heterocycles.